The van der Waals surface area contributed by atoms with E-state index in [1.807, 2.05) is 6.92 Å². The molecule has 0 saturated carbocycles. The molecule has 0 radical (unpaired) electrons. The molecule has 2 aromatic heterocycles. The van der Waals surface area contributed by atoms with Gasteiger partial charge in [-0.3, -0.25) is 4.79 Å². The zero-order valence-electron chi connectivity index (χ0n) is 13.3. The maximum Gasteiger partial charge on any atom is 0.326 e. The van der Waals surface area contributed by atoms with E-state index in [4.69, 9.17) is 9.63 Å². The monoisotopic (exact) mass is 333 g/mol. The van der Waals surface area contributed by atoms with E-state index < -0.39 is 12.0 Å². The maximum atomic E-state index is 11.9. The molecular weight excluding hydrogens is 314 g/mol. The molecule has 2 N–H and O–H groups in total. The van der Waals surface area contributed by atoms with Crippen LogP contribution in [0.1, 0.15) is 38.5 Å². The smallest absolute Gasteiger partial charge is 0.326 e. The number of aliphatic carboxylic acids is 1. The first kappa shape index (κ1) is 17.5. The first-order chi connectivity index (χ1) is 11.6. The molecule has 0 bridgehead atoms. The van der Waals surface area contributed by atoms with Crippen molar-refractivity contribution in [2.75, 3.05) is 0 Å². The highest BCUT2D eigenvalue weighted by Crippen LogP contribution is 2.10. The van der Waals surface area contributed by atoms with Gasteiger partial charge in [-0.25, -0.2) is 14.8 Å². The fourth-order valence-electron chi connectivity index (χ4n) is 2.01. The fourth-order valence-corrected chi connectivity index (χ4v) is 2.01. The highest BCUT2D eigenvalue weighted by Gasteiger charge is 2.19. The summed E-state index contributed by atoms with van der Waals surface area (Å²) < 4.78 is 5.05. The van der Waals surface area contributed by atoms with Crippen molar-refractivity contribution in [3.8, 4) is 11.6 Å². The lowest BCUT2D eigenvalue weighted by Crippen LogP contribution is -2.40. The fraction of sp³-hybridized carbons (Fsp3) is 0.467. The van der Waals surface area contributed by atoms with Gasteiger partial charge in [0.2, 0.25) is 23.4 Å². The molecule has 128 valence electrons. The Morgan fingerprint density at radius 2 is 2.04 bits per heavy atom. The Morgan fingerprint density at radius 1 is 1.29 bits per heavy atom. The molecule has 0 aromatic carbocycles. The van der Waals surface area contributed by atoms with Crippen LogP contribution in [-0.4, -0.2) is 43.1 Å². The Bertz CT molecular complexity index is 674. The molecule has 9 heteroatoms. The molecule has 0 saturated heterocycles. The minimum atomic E-state index is -1.03. The molecular formula is C15H19N5O4. The van der Waals surface area contributed by atoms with Gasteiger partial charge >= 0.3 is 5.97 Å². The highest BCUT2D eigenvalue weighted by molar-refractivity contribution is 5.83. The molecule has 24 heavy (non-hydrogen) atoms. The molecule has 1 amide bonds. The van der Waals surface area contributed by atoms with Crippen LogP contribution in [-0.2, 0) is 16.0 Å². The van der Waals surface area contributed by atoms with Crippen LogP contribution >= 0.6 is 0 Å². The van der Waals surface area contributed by atoms with E-state index in [0.717, 1.165) is 12.8 Å². The Labute approximate surface area is 138 Å². The molecule has 1 atom stereocenters. The van der Waals surface area contributed by atoms with E-state index in [-0.39, 0.29) is 30.5 Å². The Balaban J connectivity index is 1.85. The van der Waals surface area contributed by atoms with Crippen LogP contribution in [0.3, 0.4) is 0 Å². The van der Waals surface area contributed by atoms with Gasteiger partial charge in [0.05, 0.1) is 0 Å². The second-order valence-electron chi connectivity index (χ2n) is 5.18. The highest BCUT2D eigenvalue weighted by atomic mass is 16.5. The van der Waals surface area contributed by atoms with Gasteiger partial charge in [0.1, 0.15) is 6.04 Å². The summed E-state index contributed by atoms with van der Waals surface area (Å²) in [5.41, 5.74) is 0. The summed E-state index contributed by atoms with van der Waals surface area (Å²) in [5.74, 6) is -0.542. The van der Waals surface area contributed by atoms with Crippen LogP contribution in [0.4, 0.5) is 0 Å². The molecule has 0 aliphatic heterocycles. The minimum absolute atomic E-state index is 0.0627. The normalized spacial score (nSPS) is 11.9. The van der Waals surface area contributed by atoms with Gasteiger partial charge < -0.3 is 14.9 Å². The number of carbonyl (C=O) groups excluding carboxylic acids is 1. The third kappa shape index (κ3) is 5.11. The standard InChI is InChI=1S/C15H19N5O4/c1-2-3-5-10(15(22)23)18-11(21)6-7-12-19-14(20-24-12)13-16-8-4-9-17-13/h4,8-10H,2-3,5-7H2,1H3,(H,18,21)(H,22,23). The molecule has 0 aliphatic rings. The van der Waals surface area contributed by atoms with E-state index >= 15 is 0 Å². The van der Waals surface area contributed by atoms with Gasteiger partial charge in [-0.15, -0.1) is 0 Å². The quantitative estimate of drug-likeness (QED) is 0.700. The number of carbonyl (C=O) groups is 2. The van der Waals surface area contributed by atoms with Crippen LogP contribution in [0.2, 0.25) is 0 Å². The number of amides is 1. The predicted octanol–water partition coefficient (Wildman–Crippen LogP) is 1.22. The zero-order valence-corrected chi connectivity index (χ0v) is 13.3. The molecule has 2 aromatic rings. The van der Waals surface area contributed by atoms with Crippen LogP contribution in [0.15, 0.2) is 23.0 Å². The summed E-state index contributed by atoms with van der Waals surface area (Å²) in [7, 11) is 0. The summed E-state index contributed by atoms with van der Waals surface area (Å²) in [6.07, 6.45) is 5.42. The van der Waals surface area contributed by atoms with Crippen molar-refractivity contribution in [1.82, 2.24) is 25.4 Å². The van der Waals surface area contributed by atoms with Crippen LogP contribution in [0.5, 0.6) is 0 Å². The van der Waals surface area contributed by atoms with Crippen LogP contribution in [0.25, 0.3) is 11.6 Å². The second-order valence-corrected chi connectivity index (χ2v) is 5.18. The van der Waals surface area contributed by atoms with E-state index in [1.54, 1.807) is 18.5 Å². The lowest BCUT2D eigenvalue weighted by atomic mass is 10.1. The number of rotatable bonds is 9. The Hall–Kier alpha value is -2.84. The van der Waals surface area contributed by atoms with Crippen molar-refractivity contribution in [3.63, 3.8) is 0 Å². The Kier molecular flexibility index (Phi) is 6.35. The average Bonchev–Trinajstić information content (AvgIpc) is 3.06. The van der Waals surface area contributed by atoms with Gasteiger partial charge in [-0.1, -0.05) is 24.9 Å². The van der Waals surface area contributed by atoms with Crippen molar-refractivity contribution in [1.29, 1.82) is 0 Å². The number of nitrogens with zero attached hydrogens (tertiary/aromatic N) is 4. The molecule has 1 unspecified atom stereocenters. The number of aryl methyl sites for hydroxylation is 1. The third-order valence-corrected chi connectivity index (χ3v) is 3.28. The van der Waals surface area contributed by atoms with Gasteiger partial charge in [0, 0.05) is 25.2 Å². The molecule has 9 nitrogen and oxygen atoms in total. The van der Waals surface area contributed by atoms with Gasteiger partial charge in [-0.2, -0.15) is 4.98 Å². The topological polar surface area (TPSA) is 131 Å². The SMILES string of the molecule is CCCCC(NC(=O)CCc1nc(-c2ncccn2)no1)C(=O)O. The van der Waals surface area contributed by atoms with Gasteiger partial charge in [-0.05, 0) is 12.5 Å². The Morgan fingerprint density at radius 3 is 2.71 bits per heavy atom. The largest absolute Gasteiger partial charge is 0.480 e. The first-order valence-electron chi connectivity index (χ1n) is 7.72. The lowest BCUT2D eigenvalue weighted by Gasteiger charge is -2.13. The van der Waals surface area contributed by atoms with Crippen molar-refractivity contribution in [2.45, 2.75) is 45.1 Å². The van der Waals surface area contributed by atoms with Crippen molar-refractivity contribution in [3.05, 3.63) is 24.4 Å². The second kappa shape index (κ2) is 8.70. The number of carboxylic acids is 1. The molecule has 2 rings (SSSR count). The van der Waals surface area contributed by atoms with Gasteiger partial charge in [0.25, 0.3) is 0 Å². The summed E-state index contributed by atoms with van der Waals surface area (Å²) >= 11 is 0. The minimum Gasteiger partial charge on any atom is -0.480 e. The first-order valence-corrected chi connectivity index (χ1v) is 7.72. The summed E-state index contributed by atoms with van der Waals surface area (Å²) in [4.78, 5) is 35.1. The number of nitrogens with one attached hydrogen (secondary N) is 1. The zero-order chi connectivity index (χ0) is 17.4. The number of aromatic nitrogens is 4. The van der Waals surface area contributed by atoms with Crippen molar-refractivity contribution in [2.24, 2.45) is 0 Å². The molecule has 0 aliphatic carbocycles. The molecule has 0 spiro atoms. The molecule has 0 fully saturated rings. The maximum absolute atomic E-state index is 11.9. The number of hydrogen-bond donors (Lipinski definition) is 2. The van der Waals surface area contributed by atoms with E-state index in [0.29, 0.717) is 12.2 Å². The summed E-state index contributed by atoms with van der Waals surface area (Å²) in [6, 6.07) is 0.806. The summed E-state index contributed by atoms with van der Waals surface area (Å²) in [5, 5.41) is 15.4. The van der Waals surface area contributed by atoms with Crippen molar-refractivity contribution >= 4 is 11.9 Å². The summed E-state index contributed by atoms with van der Waals surface area (Å²) in [6.45, 7) is 1.96. The van der Waals surface area contributed by atoms with E-state index in [9.17, 15) is 9.59 Å². The van der Waals surface area contributed by atoms with Crippen molar-refractivity contribution < 1.29 is 19.2 Å². The van der Waals surface area contributed by atoms with Gasteiger partial charge in [0.15, 0.2) is 0 Å². The van der Waals surface area contributed by atoms with Crippen LogP contribution < -0.4 is 5.32 Å². The number of carboxylic acid groups (broad SMARTS) is 1. The third-order valence-electron chi connectivity index (χ3n) is 3.28. The van der Waals surface area contributed by atoms with E-state index in [2.05, 4.69) is 25.4 Å². The molecule has 2 heterocycles. The lowest BCUT2D eigenvalue weighted by molar-refractivity contribution is -0.142. The van der Waals surface area contributed by atoms with Crippen LogP contribution in [0, 0.1) is 0 Å². The number of unbranched alkanes of at least 4 members (excludes halogenated alkanes) is 1. The van der Waals surface area contributed by atoms with E-state index in [1.165, 1.54) is 0 Å². The predicted molar refractivity (Wildman–Crippen MR) is 82.7 cm³/mol. The number of hydrogen-bond acceptors (Lipinski definition) is 7. The average molecular weight is 333 g/mol.